The number of para-hydroxylation sites is 1. The van der Waals surface area contributed by atoms with Crippen LogP contribution in [-0.4, -0.2) is 51.6 Å². The molecule has 2 aromatic carbocycles. The van der Waals surface area contributed by atoms with E-state index in [9.17, 15) is 4.79 Å². The summed E-state index contributed by atoms with van der Waals surface area (Å²) in [6.07, 6.45) is 1.93. The van der Waals surface area contributed by atoms with E-state index >= 15 is 0 Å². The maximum atomic E-state index is 11.8. The molecule has 29 heavy (non-hydrogen) atoms. The largest absolute Gasteiger partial charge is 0.366 e. The molecular formula is C23H31N5O. The minimum Gasteiger partial charge on any atom is -0.366 e. The molecule has 0 saturated heterocycles. The van der Waals surface area contributed by atoms with Crippen molar-refractivity contribution in [1.29, 1.82) is 0 Å². The van der Waals surface area contributed by atoms with Crippen LogP contribution in [0, 0.1) is 0 Å². The van der Waals surface area contributed by atoms with Crippen LogP contribution in [0.2, 0.25) is 0 Å². The Hall–Kier alpha value is -3.02. The fourth-order valence-electron chi connectivity index (χ4n) is 3.73. The molecule has 1 unspecified atom stereocenters. The van der Waals surface area contributed by atoms with Crippen molar-refractivity contribution in [2.24, 2.45) is 4.99 Å². The third-order valence-corrected chi connectivity index (χ3v) is 5.37. The van der Waals surface area contributed by atoms with Gasteiger partial charge in [0.25, 0.3) is 5.91 Å². The Balaban J connectivity index is 1.46. The average Bonchev–Trinajstić information content (AvgIpc) is 3.19. The Bertz CT molecular complexity index is 864. The third-order valence-electron chi connectivity index (χ3n) is 5.37. The van der Waals surface area contributed by atoms with Gasteiger partial charge in [0, 0.05) is 51.0 Å². The summed E-state index contributed by atoms with van der Waals surface area (Å²) in [4.78, 5) is 18.6. The van der Waals surface area contributed by atoms with E-state index < -0.39 is 0 Å². The van der Waals surface area contributed by atoms with E-state index in [0.29, 0.717) is 11.6 Å². The summed E-state index contributed by atoms with van der Waals surface area (Å²) >= 11 is 0. The van der Waals surface area contributed by atoms with Gasteiger partial charge in [0.15, 0.2) is 5.96 Å². The lowest BCUT2D eigenvalue weighted by atomic mass is 10.1. The van der Waals surface area contributed by atoms with Crippen LogP contribution in [0.3, 0.4) is 0 Å². The average molecular weight is 394 g/mol. The van der Waals surface area contributed by atoms with E-state index in [-0.39, 0.29) is 5.91 Å². The first-order valence-electron chi connectivity index (χ1n) is 10.2. The lowest BCUT2D eigenvalue weighted by Gasteiger charge is -2.28. The van der Waals surface area contributed by atoms with E-state index in [0.717, 1.165) is 44.0 Å². The number of carbonyl (C=O) groups excluding carboxylic acids is 1. The second kappa shape index (κ2) is 9.96. The fraction of sp³-hybridized carbons (Fsp3) is 0.391. The number of nitrogens with one attached hydrogen (secondary N) is 3. The summed E-state index contributed by atoms with van der Waals surface area (Å²) < 4.78 is 0. The molecule has 0 radical (unpaired) electrons. The highest BCUT2D eigenvalue weighted by atomic mass is 16.1. The van der Waals surface area contributed by atoms with Crippen molar-refractivity contribution >= 4 is 17.6 Å². The second-order valence-electron chi connectivity index (χ2n) is 7.33. The highest BCUT2D eigenvalue weighted by molar-refractivity contribution is 5.94. The van der Waals surface area contributed by atoms with Crippen LogP contribution in [0.4, 0.5) is 5.69 Å². The number of fused-ring (bicyclic) bond motifs is 1. The van der Waals surface area contributed by atoms with Gasteiger partial charge in [0.05, 0.1) is 0 Å². The van der Waals surface area contributed by atoms with Crippen molar-refractivity contribution < 1.29 is 4.79 Å². The molecule has 2 aromatic rings. The smallest absolute Gasteiger partial charge is 0.251 e. The van der Waals surface area contributed by atoms with Crippen LogP contribution in [0.15, 0.2) is 53.5 Å². The van der Waals surface area contributed by atoms with Crippen LogP contribution in [-0.2, 0) is 12.8 Å². The summed E-state index contributed by atoms with van der Waals surface area (Å²) in [7, 11) is 3.44. The van der Waals surface area contributed by atoms with Crippen LogP contribution in [0.5, 0.6) is 0 Å². The number of rotatable bonds is 7. The summed E-state index contributed by atoms with van der Waals surface area (Å²) in [6.45, 7) is 4.88. The van der Waals surface area contributed by atoms with Gasteiger partial charge < -0.3 is 20.9 Å². The van der Waals surface area contributed by atoms with Crippen LogP contribution in [0.1, 0.15) is 28.4 Å². The van der Waals surface area contributed by atoms with Gasteiger partial charge in [-0.05, 0) is 49.1 Å². The first-order chi connectivity index (χ1) is 14.1. The molecule has 3 rings (SSSR count). The third kappa shape index (κ3) is 5.28. The summed E-state index contributed by atoms with van der Waals surface area (Å²) in [5, 5.41) is 9.46. The molecule has 0 fully saturated rings. The molecule has 0 saturated carbocycles. The highest BCUT2D eigenvalue weighted by Gasteiger charge is 2.22. The minimum atomic E-state index is -0.0604. The van der Waals surface area contributed by atoms with Gasteiger partial charge in [-0.1, -0.05) is 30.3 Å². The zero-order chi connectivity index (χ0) is 20.6. The fourth-order valence-corrected chi connectivity index (χ4v) is 3.73. The van der Waals surface area contributed by atoms with E-state index in [1.165, 1.54) is 11.3 Å². The van der Waals surface area contributed by atoms with Crippen molar-refractivity contribution in [1.82, 2.24) is 16.0 Å². The number of anilines is 1. The Morgan fingerprint density at radius 3 is 2.79 bits per heavy atom. The molecule has 1 amide bonds. The minimum absolute atomic E-state index is 0.0604. The van der Waals surface area contributed by atoms with E-state index in [2.05, 4.69) is 57.0 Å². The first-order valence-corrected chi connectivity index (χ1v) is 10.2. The molecule has 1 aliphatic rings. The maximum absolute atomic E-state index is 11.8. The first kappa shape index (κ1) is 20.7. The van der Waals surface area contributed by atoms with Gasteiger partial charge >= 0.3 is 0 Å². The van der Waals surface area contributed by atoms with E-state index in [4.69, 9.17) is 0 Å². The van der Waals surface area contributed by atoms with Crippen molar-refractivity contribution in [2.75, 3.05) is 38.6 Å². The van der Waals surface area contributed by atoms with Gasteiger partial charge in [-0.15, -0.1) is 0 Å². The normalized spacial score (nSPS) is 14.3. The molecule has 154 valence electrons. The van der Waals surface area contributed by atoms with Gasteiger partial charge in [-0.2, -0.15) is 0 Å². The predicted octanol–water partition coefficient (Wildman–Crippen LogP) is 2.20. The molecule has 0 aromatic heterocycles. The molecule has 3 N–H and O–H groups in total. The topological polar surface area (TPSA) is 68.8 Å². The van der Waals surface area contributed by atoms with Crippen LogP contribution < -0.4 is 20.9 Å². The SMILES string of the molecule is CN=C(NCCc1cccc(C(=O)NC)c1)NCC(C)N1CCc2ccccc21. The predicted molar refractivity (Wildman–Crippen MR) is 120 cm³/mol. The molecule has 0 aliphatic carbocycles. The van der Waals surface area contributed by atoms with Crippen LogP contribution >= 0.6 is 0 Å². The van der Waals surface area contributed by atoms with Crippen molar-refractivity contribution in [3.05, 3.63) is 65.2 Å². The molecule has 0 spiro atoms. The van der Waals surface area contributed by atoms with Crippen LogP contribution in [0.25, 0.3) is 0 Å². The second-order valence-corrected chi connectivity index (χ2v) is 7.33. The number of carbonyl (C=O) groups is 1. The zero-order valence-corrected chi connectivity index (χ0v) is 17.5. The summed E-state index contributed by atoms with van der Waals surface area (Å²) in [6, 6.07) is 16.7. The van der Waals surface area contributed by atoms with Gasteiger partial charge in [0.1, 0.15) is 0 Å². The quantitative estimate of drug-likeness (QED) is 0.498. The Labute approximate surface area is 173 Å². The molecule has 1 atom stereocenters. The molecule has 6 nitrogen and oxygen atoms in total. The number of guanidine groups is 1. The van der Waals surface area contributed by atoms with Gasteiger partial charge in [-0.25, -0.2) is 0 Å². The summed E-state index contributed by atoms with van der Waals surface area (Å²) in [5.41, 5.74) is 4.59. The lowest BCUT2D eigenvalue weighted by Crippen LogP contribution is -2.46. The van der Waals surface area contributed by atoms with Crippen molar-refractivity contribution in [3.8, 4) is 0 Å². The number of amides is 1. The molecule has 0 bridgehead atoms. The number of hydrogen-bond donors (Lipinski definition) is 3. The summed E-state index contributed by atoms with van der Waals surface area (Å²) in [5.74, 6) is 0.738. The number of benzene rings is 2. The molecule has 6 heteroatoms. The Morgan fingerprint density at radius 1 is 1.17 bits per heavy atom. The van der Waals surface area contributed by atoms with Crippen molar-refractivity contribution in [2.45, 2.75) is 25.8 Å². The standard InChI is InChI=1S/C23H31N5O/c1-17(28-14-12-19-8-4-5-10-21(19)28)16-27-23(25-3)26-13-11-18-7-6-9-20(15-18)22(29)24-2/h4-10,15,17H,11-14,16H2,1-3H3,(H,24,29)(H2,25,26,27). The number of nitrogens with zero attached hydrogens (tertiary/aromatic N) is 2. The van der Waals surface area contributed by atoms with Gasteiger partial charge in [-0.3, -0.25) is 9.79 Å². The van der Waals surface area contributed by atoms with Gasteiger partial charge in [0.2, 0.25) is 0 Å². The Morgan fingerprint density at radius 2 is 2.00 bits per heavy atom. The molecule has 1 heterocycles. The van der Waals surface area contributed by atoms with Crippen molar-refractivity contribution in [3.63, 3.8) is 0 Å². The highest BCUT2D eigenvalue weighted by Crippen LogP contribution is 2.28. The Kier molecular flexibility index (Phi) is 7.11. The molecule has 1 aliphatic heterocycles. The van der Waals surface area contributed by atoms with E-state index in [1.807, 2.05) is 24.3 Å². The molecular weight excluding hydrogens is 362 g/mol. The van der Waals surface area contributed by atoms with E-state index in [1.54, 1.807) is 14.1 Å². The monoisotopic (exact) mass is 393 g/mol. The zero-order valence-electron chi connectivity index (χ0n) is 17.5. The number of hydrogen-bond acceptors (Lipinski definition) is 3. The maximum Gasteiger partial charge on any atom is 0.251 e. The lowest BCUT2D eigenvalue weighted by molar-refractivity contribution is 0.0963. The number of aliphatic imine (C=N–C) groups is 1.